The zero-order valence-corrected chi connectivity index (χ0v) is 11.7. The third kappa shape index (κ3) is 8.12. The summed E-state index contributed by atoms with van der Waals surface area (Å²) < 4.78 is 0.853. The van der Waals surface area contributed by atoms with Gasteiger partial charge in [-0.25, -0.2) is 0 Å². The molecule has 0 fully saturated rings. The predicted molar refractivity (Wildman–Crippen MR) is 71.3 cm³/mol. The molecule has 0 radical (unpaired) electrons. The van der Waals surface area contributed by atoms with Gasteiger partial charge in [0.15, 0.2) is 6.73 Å². The molecule has 98 valence electrons. The van der Waals surface area contributed by atoms with E-state index >= 15 is 0 Å². The molecule has 0 rings (SSSR count). The van der Waals surface area contributed by atoms with Crippen molar-refractivity contribution in [3.05, 3.63) is 0 Å². The van der Waals surface area contributed by atoms with E-state index in [4.69, 9.17) is 0 Å². The Labute approximate surface area is 102 Å². The molecule has 0 aliphatic heterocycles. The quantitative estimate of drug-likeness (QED) is 0.327. The van der Waals surface area contributed by atoms with Gasteiger partial charge >= 0.3 is 0 Å². The predicted octanol–water partition coefficient (Wildman–Crippen LogP) is 3.54. The molecule has 0 saturated carbocycles. The molecular formula is C14H32NO+. The minimum Gasteiger partial charge on any atom is -0.347 e. The zero-order valence-electron chi connectivity index (χ0n) is 11.7. The third-order valence-electron chi connectivity index (χ3n) is 3.44. The van der Waals surface area contributed by atoms with Gasteiger partial charge in [-0.15, -0.1) is 0 Å². The van der Waals surface area contributed by atoms with Crippen LogP contribution < -0.4 is 0 Å². The summed E-state index contributed by atoms with van der Waals surface area (Å²) in [6.45, 7) is 7.06. The molecule has 2 heteroatoms. The monoisotopic (exact) mass is 230 g/mol. The minimum absolute atomic E-state index is 0.303. The number of rotatable bonds is 11. The molecule has 1 atom stereocenters. The van der Waals surface area contributed by atoms with Crippen LogP contribution in [0.5, 0.6) is 0 Å². The van der Waals surface area contributed by atoms with Crippen molar-refractivity contribution in [2.75, 3.05) is 26.9 Å². The molecule has 1 unspecified atom stereocenters. The van der Waals surface area contributed by atoms with Gasteiger partial charge in [0.05, 0.1) is 20.1 Å². The molecule has 0 heterocycles. The molecule has 2 nitrogen and oxygen atoms in total. The Balaban J connectivity index is 3.61. The molecule has 0 aliphatic rings. The van der Waals surface area contributed by atoms with E-state index < -0.39 is 0 Å². The van der Waals surface area contributed by atoms with Crippen LogP contribution >= 0.6 is 0 Å². The number of unbranched alkanes of at least 4 members (excludes halogenated alkanes) is 6. The third-order valence-corrected chi connectivity index (χ3v) is 3.44. The van der Waals surface area contributed by atoms with Gasteiger partial charge < -0.3 is 9.59 Å². The van der Waals surface area contributed by atoms with Crippen LogP contribution in [0.15, 0.2) is 0 Å². The first-order chi connectivity index (χ1) is 7.68. The van der Waals surface area contributed by atoms with Crippen molar-refractivity contribution in [3.8, 4) is 0 Å². The van der Waals surface area contributed by atoms with Crippen LogP contribution in [-0.2, 0) is 0 Å². The molecule has 0 spiro atoms. The van der Waals surface area contributed by atoms with E-state index in [0.29, 0.717) is 6.73 Å². The number of hydrogen-bond acceptors (Lipinski definition) is 1. The van der Waals surface area contributed by atoms with E-state index in [1.807, 2.05) is 0 Å². The van der Waals surface area contributed by atoms with Gasteiger partial charge in [-0.1, -0.05) is 39.5 Å². The first kappa shape index (κ1) is 15.9. The van der Waals surface area contributed by atoms with Gasteiger partial charge in [0, 0.05) is 0 Å². The van der Waals surface area contributed by atoms with Crippen molar-refractivity contribution in [3.63, 3.8) is 0 Å². The number of quaternary nitrogens is 1. The molecular weight excluding hydrogens is 198 g/mol. The number of aliphatic hydroxyl groups is 1. The summed E-state index contributed by atoms with van der Waals surface area (Å²) in [5, 5.41) is 9.46. The van der Waals surface area contributed by atoms with Crippen LogP contribution in [0.1, 0.15) is 65.2 Å². The second kappa shape index (κ2) is 10.1. The maximum atomic E-state index is 9.46. The maximum absolute atomic E-state index is 9.46. The fraction of sp³-hybridized carbons (Fsp3) is 1.00. The van der Waals surface area contributed by atoms with Crippen molar-refractivity contribution in [2.24, 2.45) is 0 Å². The molecule has 0 amide bonds. The Kier molecular flexibility index (Phi) is 10.0. The summed E-state index contributed by atoms with van der Waals surface area (Å²) in [4.78, 5) is 0. The highest BCUT2D eigenvalue weighted by atomic mass is 16.3. The molecule has 0 aromatic rings. The molecule has 16 heavy (non-hydrogen) atoms. The number of hydrogen-bond donors (Lipinski definition) is 1. The normalized spacial score (nSPS) is 15.0. The Morgan fingerprint density at radius 1 is 0.750 bits per heavy atom. The van der Waals surface area contributed by atoms with Crippen LogP contribution in [0.3, 0.4) is 0 Å². The lowest BCUT2D eigenvalue weighted by molar-refractivity contribution is -0.927. The molecule has 0 saturated heterocycles. The van der Waals surface area contributed by atoms with Crippen LogP contribution in [0, 0.1) is 0 Å². The number of nitrogens with zero attached hydrogens (tertiary/aromatic N) is 1. The van der Waals surface area contributed by atoms with Crippen LogP contribution in [0.4, 0.5) is 0 Å². The summed E-state index contributed by atoms with van der Waals surface area (Å²) in [6.07, 6.45) is 10.4. The second-order valence-electron chi connectivity index (χ2n) is 5.33. The second-order valence-corrected chi connectivity index (χ2v) is 5.33. The summed E-state index contributed by atoms with van der Waals surface area (Å²) in [7, 11) is 2.19. The summed E-state index contributed by atoms with van der Waals surface area (Å²) in [5.74, 6) is 0. The first-order valence-corrected chi connectivity index (χ1v) is 7.13. The van der Waals surface area contributed by atoms with E-state index in [-0.39, 0.29) is 0 Å². The lowest BCUT2D eigenvalue weighted by Gasteiger charge is -2.32. The molecule has 1 N–H and O–H groups in total. The van der Waals surface area contributed by atoms with Crippen LogP contribution in [-0.4, -0.2) is 36.5 Å². The van der Waals surface area contributed by atoms with Crippen molar-refractivity contribution < 1.29 is 9.59 Å². The zero-order chi connectivity index (χ0) is 12.3. The van der Waals surface area contributed by atoms with E-state index in [1.165, 1.54) is 51.4 Å². The molecule has 0 aliphatic carbocycles. The largest absolute Gasteiger partial charge is 0.347 e. The highest BCUT2D eigenvalue weighted by molar-refractivity contribution is 4.44. The van der Waals surface area contributed by atoms with Crippen molar-refractivity contribution in [1.29, 1.82) is 0 Å². The van der Waals surface area contributed by atoms with E-state index in [1.54, 1.807) is 0 Å². The van der Waals surface area contributed by atoms with Crippen molar-refractivity contribution in [2.45, 2.75) is 65.2 Å². The van der Waals surface area contributed by atoms with Gasteiger partial charge in [-0.3, -0.25) is 0 Å². The van der Waals surface area contributed by atoms with Crippen molar-refractivity contribution >= 4 is 0 Å². The Bertz CT molecular complexity index is 150. The lowest BCUT2D eigenvalue weighted by atomic mass is 10.1. The average Bonchev–Trinajstić information content (AvgIpc) is 2.29. The van der Waals surface area contributed by atoms with Gasteiger partial charge in [-0.05, 0) is 25.7 Å². The molecule has 0 aromatic carbocycles. The molecule has 0 bridgehead atoms. The average molecular weight is 230 g/mol. The standard InChI is InChI=1S/C14H32NO/c1-4-6-8-9-11-13-15(3,14-16)12-10-7-5-2/h16H,4-14H2,1-3H3/q+1. The number of aliphatic hydroxyl groups excluding tert-OH is 1. The Morgan fingerprint density at radius 3 is 1.69 bits per heavy atom. The smallest absolute Gasteiger partial charge is 0.180 e. The maximum Gasteiger partial charge on any atom is 0.180 e. The van der Waals surface area contributed by atoms with Crippen LogP contribution in [0.2, 0.25) is 0 Å². The minimum atomic E-state index is 0.303. The summed E-state index contributed by atoms with van der Waals surface area (Å²) in [6, 6.07) is 0. The van der Waals surface area contributed by atoms with Gasteiger partial charge in [0.25, 0.3) is 0 Å². The van der Waals surface area contributed by atoms with Gasteiger partial charge in [-0.2, -0.15) is 0 Å². The van der Waals surface area contributed by atoms with Gasteiger partial charge in [0.1, 0.15) is 0 Å². The fourth-order valence-corrected chi connectivity index (χ4v) is 2.09. The summed E-state index contributed by atoms with van der Waals surface area (Å²) >= 11 is 0. The molecule has 0 aromatic heterocycles. The van der Waals surface area contributed by atoms with Gasteiger partial charge in [0.2, 0.25) is 0 Å². The highest BCUT2D eigenvalue weighted by Gasteiger charge is 2.18. The van der Waals surface area contributed by atoms with Crippen LogP contribution in [0.25, 0.3) is 0 Å². The van der Waals surface area contributed by atoms with E-state index in [2.05, 4.69) is 20.9 Å². The lowest BCUT2D eigenvalue weighted by Crippen LogP contribution is -2.46. The first-order valence-electron chi connectivity index (χ1n) is 7.13. The summed E-state index contributed by atoms with van der Waals surface area (Å²) in [5.41, 5.74) is 0. The van der Waals surface area contributed by atoms with E-state index in [0.717, 1.165) is 17.6 Å². The topological polar surface area (TPSA) is 20.2 Å². The Hall–Kier alpha value is -0.0800. The van der Waals surface area contributed by atoms with Crippen molar-refractivity contribution in [1.82, 2.24) is 0 Å². The fourth-order valence-electron chi connectivity index (χ4n) is 2.09. The highest BCUT2D eigenvalue weighted by Crippen LogP contribution is 2.10. The van der Waals surface area contributed by atoms with E-state index in [9.17, 15) is 5.11 Å². The Morgan fingerprint density at radius 2 is 1.19 bits per heavy atom. The SMILES string of the molecule is CCCCCCC[N+](C)(CO)CCCCC.